The molecule has 0 rings (SSSR count). The lowest BCUT2D eigenvalue weighted by atomic mass is 10.3. The molecule has 0 aromatic carbocycles. The van der Waals surface area contributed by atoms with Crippen molar-refractivity contribution < 1.29 is 33.6 Å². The molecule has 0 bridgehead atoms. The highest BCUT2D eigenvalue weighted by Crippen LogP contribution is 2.20. The van der Waals surface area contributed by atoms with Crippen LogP contribution in [0.15, 0.2) is 12.7 Å². The van der Waals surface area contributed by atoms with Crippen LogP contribution in [0.1, 0.15) is 12.8 Å². The van der Waals surface area contributed by atoms with Crippen molar-refractivity contribution in [3.63, 3.8) is 0 Å². The van der Waals surface area contributed by atoms with Gasteiger partial charge in [0.05, 0.1) is 6.42 Å². The summed E-state index contributed by atoms with van der Waals surface area (Å²) in [5.41, 5.74) is 0. The minimum absolute atomic E-state index is 0.0555. The minimum Gasteiger partial charge on any atom is -0.462 e. The molecule has 0 aliphatic rings. The highest BCUT2D eigenvalue weighted by molar-refractivity contribution is 7.45. The Morgan fingerprint density at radius 1 is 1.15 bits per heavy atom. The molecule has 0 atom stereocenters. The van der Waals surface area contributed by atoms with Crippen LogP contribution in [0.5, 0.6) is 0 Å². The van der Waals surface area contributed by atoms with Gasteiger partial charge in [0.1, 0.15) is 13.2 Å². The van der Waals surface area contributed by atoms with Crippen LogP contribution in [0, 0.1) is 0 Å². The van der Waals surface area contributed by atoms with Crippen molar-refractivity contribution in [1.82, 2.24) is 5.32 Å². The Labute approximate surface area is 117 Å². The van der Waals surface area contributed by atoms with Gasteiger partial charge >= 0.3 is 11.9 Å². The first-order valence-electron chi connectivity index (χ1n) is 5.82. The number of amides is 1. The van der Waals surface area contributed by atoms with Gasteiger partial charge in [-0.25, -0.2) is 4.79 Å². The van der Waals surface area contributed by atoms with Crippen LogP contribution in [0.25, 0.3) is 0 Å². The first-order chi connectivity index (χ1) is 9.45. The van der Waals surface area contributed by atoms with Crippen molar-refractivity contribution in [1.29, 1.82) is 0 Å². The van der Waals surface area contributed by atoms with Crippen LogP contribution in [0.4, 0.5) is 0 Å². The Balaban J connectivity index is 3.54. The number of rotatable bonds is 10. The summed E-state index contributed by atoms with van der Waals surface area (Å²) in [6, 6.07) is 0. The van der Waals surface area contributed by atoms with E-state index < -0.39 is 20.3 Å². The molecule has 0 heterocycles. The van der Waals surface area contributed by atoms with E-state index in [1.165, 1.54) is 0 Å². The Hall–Kier alpha value is -1.50. The number of ether oxygens (including phenoxy) is 2. The summed E-state index contributed by atoms with van der Waals surface area (Å²) >= 11 is 0. The van der Waals surface area contributed by atoms with Gasteiger partial charge in [0.25, 0.3) is 0 Å². The van der Waals surface area contributed by atoms with Gasteiger partial charge in [-0.3, -0.25) is 9.59 Å². The fourth-order valence-corrected chi connectivity index (χ4v) is 1.34. The van der Waals surface area contributed by atoms with Gasteiger partial charge in [-0.15, -0.1) is 0 Å². The molecule has 3 N–H and O–H groups in total. The number of carbonyl (C=O) groups excluding carboxylic acids is 3. The average molecular weight is 307 g/mol. The van der Waals surface area contributed by atoms with E-state index in [2.05, 4.69) is 16.6 Å². The monoisotopic (exact) mass is 307 g/mol. The Morgan fingerprint density at radius 2 is 1.80 bits per heavy atom. The lowest BCUT2D eigenvalue weighted by Crippen LogP contribution is -2.26. The zero-order chi connectivity index (χ0) is 15.4. The molecule has 0 aliphatic heterocycles. The van der Waals surface area contributed by atoms with Crippen molar-refractivity contribution in [2.45, 2.75) is 12.8 Å². The van der Waals surface area contributed by atoms with Gasteiger partial charge in [0.2, 0.25) is 5.91 Å². The molecule has 0 fully saturated rings. The maximum absolute atomic E-state index is 11.2. The van der Waals surface area contributed by atoms with Gasteiger partial charge in [-0.05, 0) is 0 Å². The second-order valence-electron chi connectivity index (χ2n) is 3.54. The normalized spacial score (nSPS) is 9.95. The topological polar surface area (TPSA) is 122 Å². The molecule has 0 aromatic heterocycles. The van der Waals surface area contributed by atoms with Crippen LogP contribution in [-0.4, -0.2) is 53.6 Å². The molecule has 20 heavy (non-hydrogen) atoms. The molecule has 0 saturated carbocycles. The van der Waals surface area contributed by atoms with Crippen molar-refractivity contribution in [3.8, 4) is 0 Å². The fourth-order valence-electron chi connectivity index (χ4n) is 1.03. The summed E-state index contributed by atoms with van der Waals surface area (Å²) in [6.45, 7) is 3.19. The molecular weight excluding hydrogens is 289 g/mol. The third kappa shape index (κ3) is 11.6. The van der Waals surface area contributed by atoms with Crippen LogP contribution in [0.2, 0.25) is 0 Å². The third-order valence-corrected chi connectivity index (χ3v) is 2.57. The van der Waals surface area contributed by atoms with Gasteiger partial charge < -0.3 is 24.6 Å². The summed E-state index contributed by atoms with van der Waals surface area (Å²) < 4.78 is 9.31. The number of carbonyl (C=O) groups is 3. The first kappa shape index (κ1) is 18.5. The van der Waals surface area contributed by atoms with Crippen LogP contribution < -0.4 is 5.32 Å². The van der Waals surface area contributed by atoms with Crippen molar-refractivity contribution in [2.75, 3.05) is 25.9 Å². The number of hydrogen-bond donors (Lipinski definition) is 3. The molecule has 9 heteroatoms. The SMILES string of the molecule is C=CC(=O)OCCOC(=O)CCC(=O)NCCP(O)O. The van der Waals surface area contributed by atoms with E-state index in [1.54, 1.807) is 0 Å². The van der Waals surface area contributed by atoms with E-state index in [1.807, 2.05) is 0 Å². The van der Waals surface area contributed by atoms with E-state index in [0.717, 1.165) is 6.08 Å². The summed E-state index contributed by atoms with van der Waals surface area (Å²) in [4.78, 5) is 50.3. The summed E-state index contributed by atoms with van der Waals surface area (Å²) in [6.07, 6.45) is 0.922. The third-order valence-electron chi connectivity index (χ3n) is 1.95. The lowest BCUT2D eigenvalue weighted by molar-refractivity contribution is -0.150. The summed E-state index contributed by atoms with van der Waals surface area (Å²) in [7, 11) is -2.02. The maximum Gasteiger partial charge on any atom is 0.330 e. The molecule has 0 radical (unpaired) electrons. The molecular formula is C11H18NO7P. The zero-order valence-electron chi connectivity index (χ0n) is 10.9. The summed E-state index contributed by atoms with van der Waals surface area (Å²) in [5.74, 6) is -1.56. The van der Waals surface area contributed by atoms with E-state index in [4.69, 9.17) is 14.5 Å². The van der Waals surface area contributed by atoms with E-state index >= 15 is 0 Å². The average Bonchev–Trinajstić information content (AvgIpc) is 2.40. The molecule has 0 saturated heterocycles. The highest BCUT2D eigenvalue weighted by atomic mass is 31.2. The zero-order valence-corrected chi connectivity index (χ0v) is 11.8. The standard InChI is InChI=1S/C11H18NO7P/c1-2-10(14)18-6-7-19-11(15)4-3-9(13)12-5-8-20(16)17/h2,16-17H,1,3-8H2,(H,12,13). The Kier molecular flexibility index (Phi) is 10.5. The van der Waals surface area contributed by atoms with Gasteiger partial charge in [-0.2, -0.15) is 0 Å². The quantitative estimate of drug-likeness (QED) is 0.214. The molecule has 1 amide bonds. The van der Waals surface area contributed by atoms with Crippen LogP contribution in [0.3, 0.4) is 0 Å². The van der Waals surface area contributed by atoms with E-state index in [0.29, 0.717) is 0 Å². The van der Waals surface area contributed by atoms with Crippen molar-refractivity contribution in [2.24, 2.45) is 0 Å². The number of esters is 2. The predicted octanol–water partition coefficient (Wildman–Crippen LogP) is -0.548. The van der Waals surface area contributed by atoms with E-state index in [9.17, 15) is 14.4 Å². The second kappa shape index (κ2) is 11.3. The number of nitrogens with one attached hydrogen (secondary N) is 1. The molecule has 0 spiro atoms. The highest BCUT2D eigenvalue weighted by Gasteiger charge is 2.08. The van der Waals surface area contributed by atoms with E-state index in [-0.39, 0.29) is 44.7 Å². The van der Waals surface area contributed by atoms with Gasteiger partial charge in [0.15, 0.2) is 8.38 Å². The number of hydrogen-bond acceptors (Lipinski definition) is 7. The fraction of sp³-hybridized carbons (Fsp3) is 0.545. The largest absolute Gasteiger partial charge is 0.462 e. The second-order valence-corrected chi connectivity index (χ2v) is 4.73. The predicted molar refractivity (Wildman–Crippen MR) is 70.6 cm³/mol. The van der Waals surface area contributed by atoms with Crippen LogP contribution >= 0.6 is 8.38 Å². The molecule has 0 unspecified atom stereocenters. The molecule has 0 aliphatic carbocycles. The molecule has 0 aromatic rings. The lowest BCUT2D eigenvalue weighted by Gasteiger charge is -2.06. The first-order valence-corrected chi connectivity index (χ1v) is 7.25. The van der Waals surface area contributed by atoms with Gasteiger partial charge in [0, 0.05) is 25.2 Å². The molecule has 114 valence electrons. The van der Waals surface area contributed by atoms with Crippen molar-refractivity contribution in [3.05, 3.63) is 12.7 Å². The Bertz CT molecular complexity index is 346. The van der Waals surface area contributed by atoms with Gasteiger partial charge in [-0.1, -0.05) is 6.58 Å². The maximum atomic E-state index is 11.2. The smallest absolute Gasteiger partial charge is 0.330 e. The van der Waals surface area contributed by atoms with Crippen molar-refractivity contribution >= 4 is 26.2 Å². The molecule has 8 nitrogen and oxygen atoms in total. The summed E-state index contributed by atoms with van der Waals surface area (Å²) in [5, 5.41) is 2.43. The minimum atomic E-state index is -2.02. The van der Waals surface area contributed by atoms with Crippen LogP contribution in [-0.2, 0) is 23.9 Å². The Morgan fingerprint density at radius 3 is 2.40 bits per heavy atom.